The van der Waals surface area contributed by atoms with Crippen LogP contribution in [0.25, 0.3) is 0 Å². The highest BCUT2D eigenvalue weighted by Crippen LogP contribution is 2.25. The van der Waals surface area contributed by atoms with Crippen molar-refractivity contribution in [3.05, 3.63) is 0 Å². The lowest BCUT2D eigenvalue weighted by Crippen LogP contribution is -2.49. The molecule has 0 aromatic rings. The summed E-state index contributed by atoms with van der Waals surface area (Å²) < 4.78 is 25.4. The second-order valence-electron chi connectivity index (χ2n) is 4.05. The van der Waals surface area contributed by atoms with E-state index in [1.54, 1.807) is 0 Å². The normalized spacial score (nSPS) is 24.7. The van der Waals surface area contributed by atoms with Crippen LogP contribution in [-0.2, 0) is 0 Å². The predicted octanol–water partition coefficient (Wildman–Crippen LogP) is 1.69. The van der Waals surface area contributed by atoms with Crippen molar-refractivity contribution < 1.29 is 13.9 Å². The fraction of sp³-hybridized carbons (Fsp3) is 1.00. The average molecular weight is 193 g/mol. The Balaban J connectivity index is 2.45. The van der Waals surface area contributed by atoms with Crippen molar-refractivity contribution in [2.24, 2.45) is 5.92 Å². The van der Waals surface area contributed by atoms with Crippen molar-refractivity contribution >= 4 is 0 Å². The van der Waals surface area contributed by atoms with Crippen molar-refractivity contribution in [3.8, 4) is 0 Å². The Bertz CT molecular complexity index is 161. The van der Waals surface area contributed by atoms with Crippen LogP contribution in [0.15, 0.2) is 0 Å². The third kappa shape index (κ3) is 2.88. The van der Waals surface area contributed by atoms with Gasteiger partial charge in [-0.1, -0.05) is 6.92 Å². The maximum atomic E-state index is 12.7. The van der Waals surface area contributed by atoms with Gasteiger partial charge in [-0.25, -0.2) is 8.78 Å². The standard InChI is InChI=1S/C9H17F2NO/c1-7-3-5-12(6-4-7)8(13)9(2,10)11/h7-8,13H,3-6H2,1-2H3. The van der Waals surface area contributed by atoms with Gasteiger partial charge < -0.3 is 5.11 Å². The van der Waals surface area contributed by atoms with E-state index in [0.717, 1.165) is 19.8 Å². The van der Waals surface area contributed by atoms with Gasteiger partial charge >= 0.3 is 0 Å². The van der Waals surface area contributed by atoms with Gasteiger partial charge in [-0.05, 0) is 18.8 Å². The molecule has 0 radical (unpaired) electrons. The van der Waals surface area contributed by atoms with E-state index >= 15 is 0 Å². The molecule has 0 aromatic heterocycles. The van der Waals surface area contributed by atoms with Crippen LogP contribution in [0.2, 0.25) is 0 Å². The summed E-state index contributed by atoms with van der Waals surface area (Å²) in [6.07, 6.45) is 0.181. The summed E-state index contributed by atoms with van der Waals surface area (Å²) in [5.41, 5.74) is 0. The van der Waals surface area contributed by atoms with Gasteiger partial charge in [0.15, 0.2) is 6.23 Å². The van der Waals surface area contributed by atoms with E-state index in [0.29, 0.717) is 19.0 Å². The van der Waals surface area contributed by atoms with E-state index in [9.17, 15) is 13.9 Å². The number of halogens is 2. The van der Waals surface area contributed by atoms with Crippen LogP contribution in [0, 0.1) is 5.92 Å². The molecule has 0 bridgehead atoms. The van der Waals surface area contributed by atoms with E-state index < -0.39 is 12.2 Å². The highest BCUT2D eigenvalue weighted by molar-refractivity contribution is 4.77. The molecular formula is C9H17F2NO. The quantitative estimate of drug-likeness (QED) is 0.721. The fourth-order valence-corrected chi connectivity index (χ4v) is 1.59. The van der Waals surface area contributed by atoms with Gasteiger partial charge in [0, 0.05) is 20.0 Å². The molecule has 2 nitrogen and oxygen atoms in total. The maximum Gasteiger partial charge on any atom is 0.284 e. The molecule has 0 aromatic carbocycles. The topological polar surface area (TPSA) is 23.5 Å². The van der Waals surface area contributed by atoms with Crippen LogP contribution >= 0.6 is 0 Å². The Kier molecular flexibility index (Phi) is 3.24. The van der Waals surface area contributed by atoms with Crippen LogP contribution in [0.3, 0.4) is 0 Å². The Morgan fingerprint density at radius 3 is 2.23 bits per heavy atom. The van der Waals surface area contributed by atoms with E-state index in [2.05, 4.69) is 6.92 Å². The van der Waals surface area contributed by atoms with Gasteiger partial charge in [-0.3, -0.25) is 4.90 Å². The van der Waals surface area contributed by atoms with Gasteiger partial charge in [0.05, 0.1) is 0 Å². The van der Waals surface area contributed by atoms with Gasteiger partial charge in [0.1, 0.15) is 0 Å². The van der Waals surface area contributed by atoms with Gasteiger partial charge in [0.2, 0.25) is 0 Å². The van der Waals surface area contributed by atoms with E-state index in [-0.39, 0.29) is 0 Å². The number of aliphatic hydroxyl groups excluding tert-OH is 1. The second kappa shape index (κ2) is 3.88. The lowest BCUT2D eigenvalue weighted by atomic mass is 9.99. The summed E-state index contributed by atoms with van der Waals surface area (Å²) in [6.45, 7) is 4.01. The van der Waals surface area contributed by atoms with Crippen molar-refractivity contribution in [2.45, 2.75) is 38.8 Å². The minimum atomic E-state index is -3.01. The highest BCUT2D eigenvalue weighted by atomic mass is 19.3. The third-order valence-electron chi connectivity index (χ3n) is 2.62. The summed E-state index contributed by atoms with van der Waals surface area (Å²) in [6, 6.07) is 0. The summed E-state index contributed by atoms with van der Waals surface area (Å²) in [4.78, 5) is 1.46. The SMILES string of the molecule is CC1CCN(C(O)C(C)(F)F)CC1. The Morgan fingerprint density at radius 1 is 1.38 bits per heavy atom. The minimum Gasteiger partial charge on any atom is -0.372 e. The molecule has 1 saturated heterocycles. The molecule has 0 spiro atoms. The molecule has 1 unspecified atom stereocenters. The monoisotopic (exact) mass is 193 g/mol. The van der Waals surface area contributed by atoms with Gasteiger partial charge in [-0.15, -0.1) is 0 Å². The lowest BCUT2D eigenvalue weighted by molar-refractivity contribution is -0.170. The number of hydrogen-bond donors (Lipinski definition) is 1. The largest absolute Gasteiger partial charge is 0.372 e. The summed E-state index contributed by atoms with van der Waals surface area (Å²) in [5, 5.41) is 9.27. The van der Waals surface area contributed by atoms with E-state index in [1.165, 1.54) is 4.90 Å². The lowest BCUT2D eigenvalue weighted by Gasteiger charge is -2.36. The molecule has 0 saturated carbocycles. The summed E-state index contributed by atoms with van der Waals surface area (Å²) >= 11 is 0. The van der Waals surface area contributed by atoms with Crippen molar-refractivity contribution in [1.29, 1.82) is 0 Å². The molecule has 1 atom stereocenters. The summed E-state index contributed by atoms with van der Waals surface area (Å²) in [5.74, 6) is -2.42. The number of alkyl halides is 2. The van der Waals surface area contributed by atoms with Crippen LogP contribution in [0.1, 0.15) is 26.7 Å². The molecule has 0 aliphatic carbocycles. The smallest absolute Gasteiger partial charge is 0.284 e. The van der Waals surface area contributed by atoms with Crippen molar-refractivity contribution in [1.82, 2.24) is 4.90 Å². The molecule has 1 fully saturated rings. The molecule has 0 amide bonds. The Hall–Kier alpha value is -0.220. The van der Waals surface area contributed by atoms with E-state index in [1.807, 2.05) is 0 Å². The van der Waals surface area contributed by atoms with Crippen molar-refractivity contribution in [3.63, 3.8) is 0 Å². The molecule has 78 valence electrons. The fourth-order valence-electron chi connectivity index (χ4n) is 1.59. The Morgan fingerprint density at radius 2 is 1.85 bits per heavy atom. The van der Waals surface area contributed by atoms with Gasteiger partial charge in [0.25, 0.3) is 5.92 Å². The molecule has 1 aliphatic heterocycles. The highest BCUT2D eigenvalue weighted by Gasteiger charge is 2.37. The Labute approximate surface area is 77.5 Å². The first-order valence-corrected chi connectivity index (χ1v) is 4.71. The molecule has 4 heteroatoms. The van der Waals surface area contributed by atoms with Crippen LogP contribution < -0.4 is 0 Å². The molecule has 1 heterocycles. The zero-order chi connectivity index (χ0) is 10.1. The first-order valence-electron chi connectivity index (χ1n) is 4.71. The molecule has 1 N–H and O–H groups in total. The molecule has 13 heavy (non-hydrogen) atoms. The zero-order valence-electron chi connectivity index (χ0n) is 8.13. The number of likely N-dealkylation sites (tertiary alicyclic amines) is 1. The summed E-state index contributed by atoms with van der Waals surface area (Å²) in [7, 11) is 0. The maximum absolute atomic E-state index is 12.7. The van der Waals surface area contributed by atoms with Crippen LogP contribution in [0.5, 0.6) is 0 Å². The van der Waals surface area contributed by atoms with Crippen molar-refractivity contribution in [2.75, 3.05) is 13.1 Å². The number of piperidine rings is 1. The van der Waals surface area contributed by atoms with E-state index in [4.69, 9.17) is 0 Å². The second-order valence-corrected chi connectivity index (χ2v) is 4.05. The zero-order valence-corrected chi connectivity index (χ0v) is 8.13. The molecule has 1 rings (SSSR count). The number of hydrogen-bond acceptors (Lipinski definition) is 2. The van der Waals surface area contributed by atoms with Crippen LogP contribution in [-0.4, -0.2) is 35.2 Å². The number of rotatable bonds is 2. The minimum absolute atomic E-state index is 0.575. The predicted molar refractivity (Wildman–Crippen MR) is 46.6 cm³/mol. The average Bonchev–Trinajstić information content (AvgIpc) is 2.03. The number of aliphatic hydroxyl groups is 1. The van der Waals surface area contributed by atoms with Gasteiger partial charge in [-0.2, -0.15) is 0 Å². The first kappa shape index (κ1) is 10.9. The molecule has 1 aliphatic rings. The molecular weight excluding hydrogens is 176 g/mol. The third-order valence-corrected chi connectivity index (χ3v) is 2.62. The van der Waals surface area contributed by atoms with Crippen LogP contribution in [0.4, 0.5) is 8.78 Å². The number of nitrogens with zero attached hydrogens (tertiary/aromatic N) is 1. The first-order chi connectivity index (χ1) is 5.91.